The first-order valence-electron chi connectivity index (χ1n) is 3.58. The zero-order valence-electron chi connectivity index (χ0n) is 6.66. The zero-order chi connectivity index (χ0) is 8.48. The maximum absolute atomic E-state index is 11.1. The normalized spacial score (nSPS) is 35.0. The first-order chi connectivity index (χ1) is 5.17. The Bertz CT molecular complexity index is 164. The minimum absolute atomic E-state index is 0.316. The second-order valence-electron chi connectivity index (χ2n) is 2.53. The molecule has 0 aromatic rings. The van der Waals surface area contributed by atoms with Crippen LogP contribution in [0.1, 0.15) is 13.3 Å². The highest BCUT2D eigenvalue weighted by Gasteiger charge is 2.62. The van der Waals surface area contributed by atoms with Crippen molar-refractivity contribution in [2.45, 2.75) is 25.0 Å². The number of aliphatic hydroxyl groups excluding tert-OH is 1. The number of methoxy groups -OCH3 is 1. The largest absolute Gasteiger partial charge is 0.464 e. The molecule has 0 saturated heterocycles. The Morgan fingerprint density at radius 2 is 2.36 bits per heavy atom. The van der Waals surface area contributed by atoms with E-state index in [0.717, 1.165) is 0 Å². The van der Waals surface area contributed by atoms with Crippen molar-refractivity contribution in [1.82, 2.24) is 0 Å². The summed E-state index contributed by atoms with van der Waals surface area (Å²) in [6.07, 6.45) is -0.339. The number of aliphatic hydroxyl groups is 1. The SMILES string of the molecule is CCOC(=O)C1(OC)CC1O. The Balaban J connectivity index is 2.51. The molecule has 4 nitrogen and oxygen atoms in total. The van der Waals surface area contributed by atoms with Crippen molar-refractivity contribution in [3.8, 4) is 0 Å². The summed E-state index contributed by atoms with van der Waals surface area (Å²) in [5.41, 5.74) is -1.05. The first-order valence-corrected chi connectivity index (χ1v) is 3.58. The smallest absolute Gasteiger partial charge is 0.341 e. The maximum atomic E-state index is 11.1. The molecule has 4 heteroatoms. The molecule has 1 saturated carbocycles. The molecule has 11 heavy (non-hydrogen) atoms. The van der Waals surface area contributed by atoms with Gasteiger partial charge in [0.2, 0.25) is 0 Å². The molecule has 2 atom stereocenters. The van der Waals surface area contributed by atoms with E-state index in [1.54, 1.807) is 6.92 Å². The molecule has 1 aliphatic carbocycles. The minimum Gasteiger partial charge on any atom is -0.464 e. The highest BCUT2D eigenvalue weighted by atomic mass is 16.6. The molecule has 0 radical (unpaired) electrons. The number of carbonyl (C=O) groups is 1. The van der Waals surface area contributed by atoms with E-state index in [2.05, 4.69) is 0 Å². The van der Waals surface area contributed by atoms with Gasteiger partial charge in [0.05, 0.1) is 12.7 Å². The lowest BCUT2D eigenvalue weighted by Crippen LogP contribution is -2.31. The fraction of sp³-hybridized carbons (Fsp3) is 0.857. The van der Waals surface area contributed by atoms with Gasteiger partial charge in [0.15, 0.2) is 5.60 Å². The Morgan fingerprint density at radius 3 is 2.64 bits per heavy atom. The molecule has 2 unspecified atom stereocenters. The summed E-state index contributed by atoms with van der Waals surface area (Å²) in [7, 11) is 1.40. The van der Waals surface area contributed by atoms with Crippen molar-refractivity contribution >= 4 is 5.97 Å². The van der Waals surface area contributed by atoms with Gasteiger partial charge in [0.1, 0.15) is 0 Å². The Labute approximate surface area is 65.1 Å². The molecule has 0 aromatic heterocycles. The summed E-state index contributed by atoms with van der Waals surface area (Å²) in [6.45, 7) is 2.03. The van der Waals surface area contributed by atoms with Crippen LogP contribution in [0.4, 0.5) is 0 Å². The van der Waals surface area contributed by atoms with E-state index < -0.39 is 17.7 Å². The van der Waals surface area contributed by atoms with Gasteiger partial charge in [0, 0.05) is 13.5 Å². The molecule has 1 aliphatic rings. The van der Waals surface area contributed by atoms with Crippen molar-refractivity contribution in [3.05, 3.63) is 0 Å². The molecular weight excluding hydrogens is 148 g/mol. The van der Waals surface area contributed by atoms with Crippen LogP contribution in [0.25, 0.3) is 0 Å². The molecule has 0 aromatic carbocycles. The van der Waals surface area contributed by atoms with E-state index in [9.17, 15) is 4.79 Å². The number of rotatable bonds is 3. The molecule has 0 heterocycles. The number of ether oxygens (including phenoxy) is 2. The average molecular weight is 160 g/mol. The lowest BCUT2D eigenvalue weighted by Gasteiger charge is -2.11. The zero-order valence-corrected chi connectivity index (χ0v) is 6.66. The van der Waals surface area contributed by atoms with Gasteiger partial charge in [-0.05, 0) is 6.92 Å². The van der Waals surface area contributed by atoms with Crippen LogP contribution in [-0.4, -0.2) is 36.5 Å². The lowest BCUT2D eigenvalue weighted by atomic mass is 10.3. The standard InChI is InChI=1S/C7H12O4/c1-3-11-6(9)7(10-2)4-5(7)8/h5,8H,3-4H2,1-2H3. The highest BCUT2D eigenvalue weighted by Crippen LogP contribution is 2.40. The van der Waals surface area contributed by atoms with Gasteiger partial charge in [-0.3, -0.25) is 0 Å². The molecule has 0 spiro atoms. The van der Waals surface area contributed by atoms with Crippen LogP contribution >= 0.6 is 0 Å². The van der Waals surface area contributed by atoms with Crippen LogP contribution in [0.2, 0.25) is 0 Å². The van der Waals surface area contributed by atoms with Crippen LogP contribution in [-0.2, 0) is 14.3 Å². The predicted octanol–water partition coefficient (Wildman–Crippen LogP) is -0.301. The second kappa shape index (κ2) is 2.79. The highest BCUT2D eigenvalue weighted by molar-refractivity contribution is 5.84. The van der Waals surface area contributed by atoms with Crippen molar-refractivity contribution < 1.29 is 19.4 Å². The summed E-state index contributed by atoms with van der Waals surface area (Å²) in [5, 5.41) is 9.05. The van der Waals surface area contributed by atoms with E-state index in [1.807, 2.05) is 0 Å². The molecule has 1 fully saturated rings. The molecule has 64 valence electrons. The Kier molecular flexibility index (Phi) is 2.15. The Hall–Kier alpha value is -0.610. The van der Waals surface area contributed by atoms with Gasteiger partial charge in [-0.1, -0.05) is 0 Å². The number of hydrogen-bond donors (Lipinski definition) is 1. The quantitative estimate of drug-likeness (QED) is 0.576. The fourth-order valence-electron chi connectivity index (χ4n) is 1.00. The molecule has 0 amide bonds. The van der Waals surface area contributed by atoms with Crippen molar-refractivity contribution in [3.63, 3.8) is 0 Å². The third kappa shape index (κ3) is 1.23. The topological polar surface area (TPSA) is 55.8 Å². The molecule has 0 aliphatic heterocycles. The van der Waals surface area contributed by atoms with Gasteiger partial charge in [-0.2, -0.15) is 0 Å². The monoisotopic (exact) mass is 160 g/mol. The average Bonchev–Trinajstić information content (AvgIpc) is 2.63. The molecule has 0 bridgehead atoms. The predicted molar refractivity (Wildman–Crippen MR) is 37.0 cm³/mol. The lowest BCUT2D eigenvalue weighted by molar-refractivity contribution is -0.160. The number of carbonyl (C=O) groups excluding carboxylic acids is 1. The van der Waals surface area contributed by atoms with E-state index in [1.165, 1.54) is 7.11 Å². The Morgan fingerprint density at radius 1 is 1.82 bits per heavy atom. The molecular formula is C7H12O4. The van der Waals surface area contributed by atoms with E-state index in [0.29, 0.717) is 13.0 Å². The van der Waals surface area contributed by atoms with Gasteiger partial charge in [-0.15, -0.1) is 0 Å². The van der Waals surface area contributed by atoms with Crippen LogP contribution in [0.5, 0.6) is 0 Å². The summed E-state index contributed by atoms with van der Waals surface area (Å²) in [6, 6.07) is 0. The van der Waals surface area contributed by atoms with E-state index in [-0.39, 0.29) is 0 Å². The van der Waals surface area contributed by atoms with E-state index in [4.69, 9.17) is 14.6 Å². The summed E-state index contributed by atoms with van der Waals surface area (Å²) in [5.74, 6) is -0.463. The summed E-state index contributed by atoms with van der Waals surface area (Å²) < 4.78 is 9.56. The first kappa shape index (κ1) is 8.49. The third-order valence-corrected chi connectivity index (χ3v) is 1.86. The summed E-state index contributed by atoms with van der Waals surface area (Å²) in [4.78, 5) is 11.1. The van der Waals surface area contributed by atoms with Crippen LogP contribution in [0, 0.1) is 0 Å². The number of hydrogen-bond acceptors (Lipinski definition) is 4. The fourth-order valence-corrected chi connectivity index (χ4v) is 1.00. The molecule has 1 N–H and O–H groups in total. The number of esters is 1. The van der Waals surface area contributed by atoms with Crippen LogP contribution in [0.15, 0.2) is 0 Å². The van der Waals surface area contributed by atoms with Gasteiger partial charge in [-0.25, -0.2) is 4.79 Å². The van der Waals surface area contributed by atoms with Gasteiger partial charge >= 0.3 is 5.97 Å². The third-order valence-electron chi connectivity index (χ3n) is 1.86. The van der Waals surface area contributed by atoms with Crippen molar-refractivity contribution in [1.29, 1.82) is 0 Å². The van der Waals surface area contributed by atoms with Gasteiger partial charge in [0.25, 0.3) is 0 Å². The van der Waals surface area contributed by atoms with Crippen LogP contribution < -0.4 is 0 Å². The summed E-state index contributed by atoms with van der Waals surface area (Å²) >= 11 is 0. The van der Waals surface area contributed by atoms with Gasteiger partial charge < -0.3 is 14.6 Å². The second-order valence-corrected chi connectivity index (χ2v) is 2.53. The molecule has 1 rings (SSSR count). The maximum Gasteiger partial charge on any atom is 0.341 e. The van der Waals surface area contributed by atoms with Crippen LogP contribution in [0.3, 0.4) is 0 Å². The minimum atomic E-state index is -1.05. The van der Waals surface area contributed by atoms with Crippen molar-refractivity contribution in [2.75, 3.05) is 13.7 Å². The van der Waals surface area contributed by atoms with E-state index >= 15 is 0 Å². The van der Waals surface area contributed by atoms with Crippen molar-refractivity contribution in [2.24, 2.45) is 0 Å².